The topological polar surface area (TPSA) is 66.8 Å². The zero-order chi connectivity index (χ0) is 23.4. The fraction of sp³-hybridized carbons (Fsp3) is 0.222. The zero-order valence-corrected chi connectivity index (χ0v) is 19.7. The summed E-state index contributed by atoms with van der Waals surface area (Å²) in [4.78, 5) is 27.3. The average Bonchev–Trinajstić information content (AvgIpc) is 2.85. The number of likely N-dealkylation sites (tertiary alicyclic amines) is 1. The van der Waals surface area contributed by atoms with Gasteiger partial charge in [-0.3, -0.25) is 4.79 Å². The van der Waals surface area contributed by atoms with E-state index >= 15 is 0 Å². The van der Waals surface area contributed by atoms with Gasteiger partial charge in [0.05, 0.1) is 7.11 Å². The Morgan fingerprint density at radius 3 is 1.64 bits per heavy atom. The molecule has 1 heterocycles. The summed E-state index contributed by atoms with van der Waals surface area (Å²) in [5.41, 5.74) is 0.415. The quantitative estimate of drug-likeness (QED) is 0.433. The smallest absolute Gasteiger partial charge is 0.350 e. The van der Waals surface area contributed by atoms with Crippen LogP contribution in [-0.4, -0.2) is 46.6 Å². The Labute approximate surface area is 194 Å². The highest BCUT2D eigenvalue weighted by molar-refractivity contribution is 7.96. The van der Waals surface area contributed by atoms with Crippen molar-refractivity contribution in [1.82, 2.24) is 4.90 Å². The Morgan fingerprint density at radius 1 is 0.879 bits per heavy atom. The molecule has 1 fully saturated rings. The van der Waals surface area contributed by atoms with Crippen LogP contribution in [0.1, 0.15) is 19.8 Å². The number of aliphatic hydroxyl groups excluding tert-OH is 1. The molecule has 0 spiro atoms. The van der Waals surface area contributed by atoms with Gasteiger partial charge >= 0.3 is 5.97 Å². The molecule has 1 aliphatic rings. The van der Waals surface area contributed by atoms with Gasteiger partial charge in [-0.2, -0.15) is 0 Å². The number of ether oxygens (including phenoxy) is 1. The molecular formula is C27H28NO4P. The van der Waals surface area contributed by atoms with E-state index in [4.69, 9.17) is 4.74 Å². The van der Waals surface area contributed by atoms with Crippen molar-refractivity contribution < 1.29 is 19.4 Å². The maximum Gasteiger partial charge on any atom is 0.350 e. The summed E-state index contributed by atoms with van der Waals surface area (Å²) in [6.45, 7) is -1.24. The monoisotopic (exact) mass is 461 g/mol. The standard InChI is InChI=1S/C27H28NO4P/c1-20(29)18-21-19-25(30)28(21)26(27(31)32-2)33(22-12-6-3-7-13-22,23-14-8-4-9-15-23)24-16-10-5-11-17-24/h3-17,21,25,30H,18-19H2,1-2H3/t21-,25?/m1/s1. The Bertz CT molecular complexity index is 1080. The number of aliphatic hydroxyl groups is 1. The molecule has 2 atom stereocenters. The summed E-state index contributed by atoms with van der Waals surface area (Å²) < 4.78 is 5.36. The molecule has 6 heteroatoms. The molecule has 0 bridgehead atoms. The van der Waals surface area contributed by atoms with Crippen LogP contribution < -0.4 is 15.9 Å². The summed E-state index contributed by atoms with van der Waals surface area (Å²) in [7, 11) is 1.37. The van der Waals surface area contributed by atoms with Crippen LogP contribution >= 0.6 is 6.89 Å². The van der Waals surface area contributed by atoms with Crippen molar-refractivity contribution in [3.63, 3.8) is 0 Å². The van der Waals surface area contributed by atoms with Crippen LogP contribution in [-0.2, 0) is 14.3 Å². The van der Waals surface area contributed by atoms with Crippen molar-refractivity contribution in [1.29, 1.82) is 0 Å². The summed E-state index contributed by atoms with van der Waals surface area (Å²) in [6.07, 6.45) is -0.173. The molecule has 33 heavy (non-hydrogen) atoms. The van der Waals surface area contributed by atoms with Crippen molar-refractivity contribution in [2.24, 2.45) is 0 Å². The van der Waals surface area contributed by atoms with E-state index in [1.165, 1.54) is 14.0 Å². The second-order valence-electron chi connectivity index (χ2n) is 8.18. The van der Waals surface area contributed by atoms with Gasteiger partial charge in [-0.1, -0.05) is 91.0 Å². The molecule has 1 aliphatic heterocycles. The molecule has 1 N–H and O–H groups in total. The van der Waals surface area contributed by atoms with Crippen LogP contribution in [0.4, 0.5) is 0 Å². The number of carbonyl (C=O) groups is 2. The van der Waals surface area contributed by atoms with Gasteiger partial charge in [0.15, 0.2) is 0 Å². The first-order valence-corrected chi connectivity index (χ1v) is 12.8. The van der Waals surface area contributed by atoms with Crippen molar-refractivity contribution in [3.8, 4) is 0 Å². The van der Waals surface area contributed by atoms with Crippen molar-refractivity contribution in [2.45, 2.75) is 32.0 Å². The number of Topliss-reactive ketones (excluding diaryl/α,β-unsaturated/α-hetero) is 1. The highest BCUT2D eigenvalue weighted by Gasteiger charge is 2.47. The predicted octanol–water partition coefficient (Wildman–Crippen LogP) is 2.66. The molecule has 1 unspecified atom stereocenters. The van der Waals surface area contributed by atoms with Gasteiger partial charge in [0.25, 0.3) is 0 Å². The highest BCUT2D eigenvalue weighted by Crippen LogP contribution is 2.49. The van der Waals surface area contributed by atoms with Gasteiger partial charge in [0.2, 0.25) is 0 Å². The Balaban J connectivity index is 2.20. The van der Waals surface area contributed by atoms with Gasteiger partial charge in [-0.05, 0) is 22.8 Å². The molecule has 5 nitrogen and oxygen atoms in total. The Hall–Kier alpha value is -2.98. The number of methoxy groups -OCH3 is 1. The lowest BCUT2D eigenvalue weighted by Gasteiger charge is -2.48. The normalized spacial score (nSPS) is 18.3. The van der Waals surface area contributed by atoms with Crippen LogP contribution in [0.5, 0.6) is 0 Å². The SMILES string of the molecule is COC(=O)C(N1C(O)C[C@H]1CC(C)=O)=P(c1ccccc1)(c1ccccc1)c1ccccc1. The van der Waals surface area contributed by atoms with Crippen molar-refractivity contribution in [3.05, 3.63) is 91.0 Å². The second-order valence-corrected chi connectivity index (χ2v) is 11.5. The Morgan fingerprint density at radius 2 is 1.30 bits per heavy atom. The first-order chi connectivity index (χ1) is 16.0. The molecule has 0 saturated carbocycles. The van der Waals surface area contributed by atoms with Gasteiger partial charge in [0, 0.05) is 25.8 Å². The lowest BCUT2D eigenvalue weighted by atomic mass is 9.96. The molecule has 3 aromatic rings. The molecule has 0 amide bonds. The number of hydrogen-bond donors (Lipinski definition) is 1. The summed E-state index contributed by atoms with van der Waals surface area (Å²) >= 11 is 0. The fourth-order valence-corrected chi connectivity index (χ4v) is 9.17. The summed E-state index contributed by atoms with van der Waals surface area (Å²) in [5, 5.41) is 13.8. The first-order valence-electron chi connectivity index (χ1n) is 11.0. The number of nitrogens with zero attached hydrogens (tertiary/aromatic N) is 1. The number of rotatable bonds is 7. The van der Waals surface area contributed by atoms with E-state index in [9.17, 15) is 14.7 Å². The third kappa shape index (κ3) is 4.20. The van der Waals surface area contributed by atoms with E-state index in [0.29, 0.717) is 11.8 Å². The fourth-order valence-electron chi connectivity index (χ4n) is 4.68. The molecule has 0 radical (unpaired) electrons. The molecule has 0 aliphatic carbocycles. The molecule has 170 valence electrons. The minimum absolute atomic E-state index is 0.0178. The largest absolute Gasteiger partial charge is 0.465 e. The van der Waals surface area contributed by atoms with E-state index in [-0.39, 0.29) is 18.2 Å². The van der Waals surface area contributed by atoms with Crippen LogP contribution in [0.3, 0.4) is 0 Å². The van der Waals surface area contributed by atoms with Crippen LogP contribution in [0.15, 0.2) is 91.0 Å². The van der Waals surface area contributed by atoms with E-state index in [1.54, 1.807) is 4.90 Å². The van der Waals surface area contributed by atoms with Gasteiger partial charge in [-0.25, -0.2) is 9.69 Å². The van der Waals surface area contributed by atoms with E-state index in [2.05, 4.69) is 0 Å². The number of benzene rings is 3. The van der Waals surface area contributed by atoms with Crippen LogP contribution in [0.2, 0.25) is 0 Å². The third-order valence-corrected chi connectivity index (χ3v) is 10.3. The lowest BCUT2D eigenvalue weighted by Crippen LogP contribution is -2.62. The average molecular weight is 461 g/mol. The summed E-state index contributed by atoms with van der Waals surface area (Å²) in [6, 6.07) is 29.5. The minimum atomic E-state index is -2.78. The van der Waals surface area contributed by atoms with Crippen LogP contribution in [0, 0.1) is 0 Å². The van der Waals surface area contributed by atoms with Crippen LogP contribution in [0.25, 0.3) is 0 Å². The van der Waals surface area contributed by atoms with Gasteiger partial charge in [0.1, 0.15) is 17.4 Å². The van der Waals surface area contributed by atoms with Gasteiger partial charge in [-0.15, -0.1) is 0 Å². The maximum absolute atomic E-state index is 13.6. The molecule has 0 aromatic heterocycles. The minimum Gasteiger partial charge on any atom is -0.465 e. The van der Waals surface area contributed by atoms with E-state index in [1.807, 2.05) is 91.0 Å². The third-order valence-electron chi connectivity index (χ3n) is 6.08. The Kier molecular flexibility index (Phi) is 6.94. The number of hydrogen-bond acceptors (Lipinski definition) is 4. The number of ketones is 1. The molecule has 4 rings (SSSR count). The molecule has 3 aromatic carbocycles. The maximum atomic E-state index is 13.6. The lowest BCUT2D eigenvalue weighted by molar-refractivity contribution is -0.138. The molecule has 1 saturated heterocycles. The molecular weight excluding hydrogens is 433 g/mol. The van der Waals surface area contributed by atoms with E-state index in [0.717, 1.165) is 15.9 Å². The highest BCUT2D eigenvalue weighted by atomic mass is 31.2. The number of carbonyl (C=O) groups excluding carboxylic acids is 2. The zero-order valence-electron chi connectivity index (χ0n) is 18.8. The summed E-state index contributed by atoms with van der Waals surface area (Å²) in [5.74, 6) is -0.476. The van der Waals surface area contributed by atoms with Crippen molar-refractivity contribution in [2.75, 3.05) is 7.11 Å². The predicted molar refractivity (Wildman–Crippen MR) is 134 cm³/mol. The van der Waals surface area contributed by atoms with Gasteiger partial charge < -0.3 is 9.84 Å². The first kappa shape index (κ1) is 23.2. The second kappa shape index (κ2) is 9.88. The van der Waals surface area contributed by atoms with E-state index < -0.39 is 19.1 Å². The van der Waals surface area contributed by atoms with Crippen molar-refractivity contribution >= 4 is 40.0 Å². The number of esters is 1.